The first kappa shape index (κ1) is 18.7. The van der Waals surface area contributed by atoms with Crippen molar-refractivity contribution in [3.05, 3.63) is 62.9 Å². The minimum absolute atomic E-state index is 0.0174. The van der Waals surface area contributed by atoms with Gasteiger partial charge in [-0.15, -0.1) is 0 Å². The Morgan fingerprint density at radius 1 is 1.18 bits per heavy atom. The molecule has 7 nitrogen and oxygen atoms in total. The molecule has 0 radical (unpaired) electrons. The van der Waals surface area contributed by atoms with Gasteiger partial charge in [0, 0.05) is 30.9 Å². The maximum Gasteiger partial charge on any atom is 0.332 e. The number of ether oxygens (including phenoxy) is 1. The second kappa shape index (κ2) is 8.15. The van der Waals surface area contributed by atoms with Crippen molar-refractivity contribution >= 4 is 0 Å². The van der Waals surface area contributed by atoms with Crippen LogP contribution in [0.2, 0.25) is 0 Å². The van der Waals surface area contributed by atoms with Gasteiger partial charge >= 0.3 is 5.69 Å². The molecule has 2 saturated heterocycles. The molecule has 0 saturated carbocycles. The number of morpholine rings is 1. The highest BCUT2D eigenvalue weighted by Crippen LogP contribution is 2.27. The molecule has 0 unspecified atom stereocenters. The minimum Gasteiger partial charge on any atom is -0.372 e. The summed E-state index contributed by atoms with van der Waals surface area (Å²) in [6.07, 6.45) is 3.57. The molecular formula is C21H24N4O3. The Bertz CT molecular complexity index is 1000. The molecule has 2 fully saturated rings. The summed E-state index contributed by atoms with van der Waals surface area (Å²) in [6, 6.07) is 8.76. The second-order valence-electron chi connectivity index (χ2n) is 7.32. The number of rotatable bonds is 2. The molecule has 0 atom stereocenters. The van der Waals surface area contributed by atoms with E-state index in [9.17, 15) is 9.59 Å². The molecule has 2 aromatic rings. The molecule has 2 aliphatic heterocycles. The van der Waals surface area contributed by atoms with Gasteiger partial charge in [-0.1, -0.05) is 17.9 Å². The van der Waals surface area contributed by atoms with Crippen LogP contribution in [0.4, 0.5) is 0 Å². The van der Waals surface area contributed by atoms with Crippen LogP contribution in [0.25, 0.3) is 5.69 Å². The van der Waals surface area contributed by atoms with E-state index in [2.05, 4.69) is 27.0 Å². The van der Waals surface area contributed by atoms with Gasteiger partial charge in [0.05, 0.1) is 24.4 Å². The third kappa shape index (κ3) is 4.25. The van der Waals surface area contributed by atoms with Crippen molar-refractivity contribution in [3.8, 4) is 17.5 Å². The van der Waals surface area contributed by atoms with Crippen LogP contribution in [0.3, 0.4) is 0 Å². The monoisotopic (exact) mass is 380 g/mol. The van der Waals surface area contributed by atoms with Gasteiger partial charge in [-0.05, 0) is 44.1 Å². The highest BCUT2D eigenvalue weighted by Gasteiger charge is 2.37. The van der Waals surface area contributed by atoms with Crippen LogP contribution in [0, 0.1) is 11.8 Å². The second-order valence-corrected chi connectivity index (χ2v) is 7.32. The van der Waals surface area contributed by atoms with Crippen LogP contribution >= 0.6 is 0 Å². The molecular weight excluding hydrogens is 356 g/mol. The summed E-state index contributed by atoms with van der Waals surface area (Å²) in [5.41, 5.74) is 0.622. The summed E-state index contributed by atoms with van der Waals surface area (Å²) >= 11 is 0. The highest BCUT2D eigenvalue weighted by atomic mass is 16.5. The summed E-state index contributed by atoms with van der Waals surface area (Å²) in [6.45, 7) is 5.30. The molecule has 146 valence electrons. The molecule has 0 amide bonds. The van der Waals surface area contributed by atoms with Crippen LogP contribution in [0.5, 0.6) is 0 Å². The van der Waals surface area contributed by atoms with Gasteiger partial charge in [-0.3, -0.25) is 19.2 Å². The molecule has 0 aliphatic carbocycles. The van der Waals surface area contributed by atoms with Crippen LogP contribution in [-0.2, 0) is 4.74 Å². The Hall–Kier alpha value is -2.66. The van der Waals surface area contributed by atoms with Crippen LogP contribution in [0.15, 0.2) is 46.1 Å². The van der Waals surface area contributed by atoms with Crippen molar-refractivity contribution in [3.63, 3.8) is 0 Å². The first-order valence-electron chi connectivity index (χ1n) is 9.62. The summed E-state index contributed by atoms with van der Waals surface area (Å²) in [4.78, 5) is 27.8. The number of piperidine rings is 1. The van der Waals surface area contributed by atoms with Crippen molar-refractivity contribution in [2.24, 2.45) is 0 Å². The predicted molar refractivity (Wildman–Crippen MR) is 107 cm³/mol. The van der Waals surface area contributed by atoms with E-state index in [1.54, 1.807) is 0 Å². The fourth-order valence-corrected chi connectivity index (χ4v) is 3.85. The van der Waals surface area contributed by atoms with Gasteiger partial charge in [-0.25, -0.2) is 4.79 Å². The standard InChI is InChI=1S/C21H24N4O3/c26-19-6-12-25(20(27)23-19)18-5-1-3-17(15-18)4-2-11-24-13-14-28-21(16-24)7-9-22-10-8-21/h1,3,5-6,12,15,22H,7-11,13-14,16H2,(H,23,26,27). The van der Waals surface area contributed by atoms with E-state index in [0.29, 0.717) is 12.2 Å². The largest absolute Gasteiger partial charge is 0.372 e. The summed E-state index contributed by atoms with van der Waals surface area (Å²) in [5, 5.41) is 3.39. The number of nitrogens with zero attached hydrogens (tertiary/aromatic N) is 2. The van der Waals surface area contributed by atoms with Crippen molar-refractivity contribution in [2.75, 3.05) is 39.3 Å². The number of nitrogens with one attached hydrogen (secondary N) is 2. The first-order valence-corrected chi connectivity index (χ1v) is 9.62. The molecule has 4 rings (SSSR count). The van der Waals surface area contributed by atoms with E-state index in [4.69, 9.17) is 4.74 Å². The van der Waals surface area contributed by atoms with Crippen molar-refractivity contribution in [1.82, 2.24) is 19.8 Å². The number of hydrogen-bond donors (Lipinski definition) is 2. The zero-order valence-electron chi connectivity index (χ0n) is 15.7. The zero-order chi connectivity index (χ0) is 19.4. The summed E-state index contributed by atoms with van der Waals surface area (Å²) in [7, 11) is 0. The van der Waals surface area contributed by atoms with E-state index < -0.39 is 11.2 Å². The summed E-state index contributed by atoms with van der Waals surface area (Å²) in [5.74, 6) is 6.45. The fourth-order valence-electron chi connectivity index (χ4n) is 3.85. The number of aromatic amines is 1. The van der Waals surface area contributed by atoms with Gasteiger partial charge in [0.2, 0.25) is 0 Å². The Labute approximate surface area is 163 Å². The lowest BCUT2D eigenvalue weighted by Crippen LogP contribution is -2.56. The van der Waals surface area contributed by atoms with Gasteiger partial charge in [0.15, 0.2) is 0 Å². The average molecular weight is 380 g/mol. The molecule has 1 spiro atoms. The maximum absolute atomic E-state index is 12.0. The number of hydrogen-bond acceptors (Lipinski definition) is 5. The number of aromatic nitrogens is 2. The van der Waals surface area contributed by atoms with E-state index in [-0.39, 0.29) is 5.60 Å². The number of H-pyrrole nitrogens is 1. The summed E-state index contributed by atoms with van der Waals surface area (Å²) < 4.78 is 7.50. The normalized spacial score (nSPS) is 19.1. The lowest BCUT2D eigenvalue weighted by Gasteiger charge is -2.44. The first-order chi connectivity index (χ1) is 13.6. The predicted octanol–water partition coefficient (Wildman–Crippen LogP) is 0.332. The van der Waals surface area contributed by atoms with Crippen LogP contribution < -0.4 is 16.6 Å². The van der Waals surface area contributed by atoms with Crippen molar-refractivity contribution in [1.29, 1.82) is 0 Å². The molecule has 2 N–H and O–H groups in total. The van der Waals surface area contributed by atoms with E-state index >= 15 is 0 Å². The smallest absolute Gasteiger partial charge is 0.332 e. The Kier molecular flexibility index (Phi) is 5.44. The van der Waals surface area contributed by atoms with Gasteiger partial charge in [-0.2, -0.15) is 0 Å². The zero-order valence-corrected chi connectivity index (χ0v) is 15.7. The SMILES string of the molecule is O=c1ccn(-c2cccc(C#CCN3CCOC4(CCNCC4)C3)c2)c(=O)[nH]1. The molecule has 0 bridgehead atoms. The lowest BCUT2D eigenvalue weighted by atomic mass is 9.90. The Balaban J connectivity index is 1.45. The van der Waals surface area contributed by atoms with Crippen molar-refractivity contribution in [2.45, 2.75) is 18.4 Å². The van der Waals surface area contributed by atoms with E-state index in [1.165, 1.54) is 16.8 Å². The molecule has 3 heterocycles. The third-order valence-electron chi connectivity index (χ3n) is 5.33. The third-order valence-corrected chi connectivity index (χ3v) is 5.33. The molecule has 1 aromatic carbocycles. The lowest BCUT2D eigenvalue weighted by molar-refractivity contribution is -0.120. The minimum atomic E-state index is -0.460. The molecule has 2 aliphatic rings. The van der Waals surface area contributed by atoms with Crippen LogP contribution in [-0.4, -0.2) is 59.4 Å². The highest BCUT2D eigenvalue weighted by molar-refractivity contribution is 5.43. The van der Waals surface area contributed by atoms with Crippen LogP contribution in [0.1, 0.15) is 18.4 Å². The number of benzene rings is 1. The van der Waals surface area contributed by atoms with Gasteiger partial charge < -0.3 is 10.1 Å². The maximum atomic E-state index is 12.0. The topological polar surface area (TPSA) is 79.4 Å². The van der Waals surface area contributed by atoms with Crippen molar-refractivity contribution < 1.29 is 4.74 Å². The van der Waals surface area contributed by atoms with E-state index in [0.717, 1.165) is 51.2 Å². The van der Waals surface area contributed by atoms with Gasteiger partial charge in [0.1, 0.15) is 0 Å². The quantitative estimate of drug-likeness (QED) is 0.735. The fraction of sp³-hybridized carbons (Fsp3) is 0.429. The Morgan fingerprint density at radius 2 is 2.04 bits per heavy atom. The average Bonchev–Trinajstić information content (AvgIpc) is 2.69. The Morgan fingerprint density at radius 3 is 2.86 bits per heavy atom. The molecule has 28 heavy (non-hydrogen) atoms. The van der Waals surface area contributed by atoms with E-state index in [1.807, 2.05) is 24.3 Å². The molecule has 7 heteroatoms. The van der Waals surface area contributed by atoms with Gasteiger partial charge in [0.25, 0.3) is 5.56 Å². The molecule has 1 aromatic heterocycles.